The highest BCUT2D eigenvalue weighted by atomic mass is 16.6. The molecule has 1 aromatic rings. The minimum Gasteiger partial charge on any atom is -0.486 e. The monoisotopic (exact) mass is 247 g/mol. The molecule has 4 heteroatoms. The number of rotatable bonds is 5. The molecule has 1 N–H and O–H groups in total. The van der Waals surface area contributed by atoms with Gasteiger partial charge in [-0.25, -0.2) is 0 Å². The summed E-state index contributed by atoms with van der Waals surface area (Å²) < 4.78 is 10.9. The van der Waals surface area contributed by atoms with Gasteiger partial charge in [0.1, 0.15) is 13.2 Å². The summed E-state index contributed by atoms with van der Waals surface area (Å²) in [6.07, 6.45) is 1.73. The number of carbonyl (C=O) groups is 1. The van der Waals surface area contributed by atoms with E-state index >= 15 is 0 Å². The normalized spacial score (nSPS) is 14.9. The van der Waals surface area contributed by atoms with Gasteiger partial charge >= 0.3 is 0 Å². The summed E-state index contributed by atoms with van der Waals surface area (Å²) in [5.41, 5.74) is 0.628. The molecule has 96 valence electrons. The number of carbonyl (C=O) groups excluding carboxylic acids is 1. The molecule has 0 aromatic heterocycles. The lowest BCUT2D eigenvalue weighted by molar-refractivity contribution is 0.0951. The van der Waals surface area contributed by atoms with Crippen LogP contribution in [0, 0.1) is 0 Å². The van der Waals surface area contributed by atoms with E-state index < -0.39 is 0 Å². The summed E-state index contributed by atoms with van der Waals surface area (Å²) in [7, 11) is 0. The Kier molecular flexibility index (Phi) is 3.99. The van der Waals surface area contributed by atoms with E-state index in [-0.39, 0.29) is 11.8 Å². The zero-order valence-electron chi connectivity index (χ0n) is 10.4. The lowest BCUT2D eigenvalue weighted by atomic mass is 10.0. The van der Waals surface area contributed by atoms with Crippen LogP contribution >= 0.6 is 0 Å². The molecule has 1 unspecified atom stereocenters. The highest BCUT2D eigenvalue weighted by Crippen LogP contribution is 2.31. The van der Waals surface area contributed by atoms with Crippen LogP contribution < -0.4 is 14.8 Å². The van der Waals surface area contributed by atoms with Crippen LogP contribution in [0.5, 0.6) is 11.5 Å². The maximum atomic E-state index is 12.1. The standard InChI is InChI=1S/C14H17NO3/c1-3-6-15-10(2)14(16)11-4-5-12-13(9-11)18-8-7-17-12/h3-5,9-10,15H,1,6-8H2,2H3. The van der Waals surface area contributed by atoms with Gasteiger partial charge in [0.2, 0.25) is 0 Å². The molecule has 0 amide bonds. The lowest BCUT2D eigenvalue weighted by Crippen LogP contribution is -2.34. The van der Waals surface area contributed by atoms with E-state index in [1.807, 2.05) is 6.92 Å². The van der Waals surface area contributed by atoms with Crippen LogP contribution in [0.2, 0.25) is 0 Å². The highest BCUT2D eigenvalue weighted by molar-refractivity contribution is 6.00. The van der Waals surface area contributed by atoms with Gasteiger partial charge in [0.05, 0.1) is 6.04 Å². The second-order valence-corrected chi connectivity index (χ2v) is 4.14. The van der Waals surface area contributed by atoms with E-state index in [0.29, 0.717) is 36.8 Å². The van der Waals surface area contributed by atoms with Crippen molar-refractivity contribution in [3.05, 3.63) is 36.4 Å². The van der Waals surface area contributed by atoms with Crippen molar-refractivity contribution < 1.29 is 14.3 Å². The van der Waals surface area contributed by atoms with Gasteiger partial charge in [0, 0.05) is 12.1 Å². The zero-order chi connectivity index (χ0) is 13.0. The van der Waals surface area contributed by atoms with Crippen LogP contribution in [0.15, 0.2) is 30.9 Å². The quantitative estimate of drug-likeness (QED) is 0.636. The largest absolute Gasteiger partial charge is 0.486 e. The Morgan fingerprint density at radius 3 is 2.89 bits per heavy atom. The third kappa shape index (κ3) is 2.71. The molecule has 1 aliphatic rings. The van der Waals surface area contributed by atoms with Crippen molar-refractivity contribution in [1.82, 2.24) is 5.32 Å². The molecule has 0 spiro atoms. The van der Waals surface area contributed by atoms with Crippen molar-refractivity contribution >= 4 is 5.78 Å². The van der Waals surface area contributed by atoms with Crippen molar-refractivity contribution in [3.8, 4) is 11.5 Å². The number of ketones is 1. The Morgan fingerprint density at radius 1 is 1.44 bits per heavy atom. The molecule has 0 fully saturated rings. The Labute approximate surface area is 107 Å². The van der Waals surface area contributed by atoms with Gasteiger partial charge in [-0.3, -0.25) is 4.79 Å². The molecule has 1 aromatic carbocycles. The van der Waals surface area contributed by atoms with Crippen molar-refractivity contribution in [2.24, 2.45) is 0 Å². The minimum atomic E-state index is -0.245. The zero-order valence-corrected chi connectivity index (χ0v) is 10.4. The topological polar surface area (TPSA) is 47.6 Å². The predicted octanol–water partition coefficient (Wildman–Crippen LogP) is 1.80. The summed E-state index contributed by atoms with van der Waals surface area (Å²) in [6.45, 7) is 7.13. The van der Waals surface area contributed by atoms with Gasteiger partial charge in [-0.1, -0.05) is 6.08 Å². The van der Waals surface area contributed by atoms with Crippen molar-refractivity contribution in [2.75, 3.05) is 19.8 Å². The molecule has 18 heavy (non-hydrogen) atoms. The van der Waals surface area contributed by atoms with E-state index in [1.165, 1.54) is 0 Å². The van der Waals surface area contributed by atoms with Gasteiger partial charge < -0.3 is 14.8 Å². The van der Waals surface area contributed by atoms with Gasteiger partial charge in [0.15, 0.2) is 17.3 Å². The van der Waals surface area contributed by atoms with Crippen LogP contribution in [0.25, 0.3) is 0 Å². The van der Waals surface area contributed by atoms with Crippen LogP contribution in [-0.2, 0) is 0 Å². The third-order valence-corrected chi connectivity index (χ3v) is 2.79. The maximum absolute atomic E-state index is 12.1. The average Bonchev–Trinajstić information content (AvgIpc) is 2.43. The maximum Gasteiger partial charge on any atom is 0.179 e. The number of benzene rings is 1. The van der Waals surface area contributed by atoms with Gasteiger partial charge in [0.25, 0.3) is 0 Å². The van der Waals surface area contributed by atoms with Gasteiger partial charge in [-0.2, -0.15) is 0 Å². The first-order chi connectivity index (χ1) is 8.72. The molecule has 1 atom stereocenters. The fraction of sp³-hybridized carbons (Fsp3) is 0.357. The molecule has 0 radical (unpaired) electrons. The SMILES string of the molecule is C=CCNC(C)C(=O)c1ccc2c(c1)OCCO2. The second kappa shape index (κ2) is 5.69. The third-order valence-electron chi connectivity index (χ3n) is 2.79. The summed E-state index contributed by atoms with van der Waals surface area (Å²) in [5.74, 6) is 1.38. The summed E-state index contributed by atoms with van der Waals surface area (Å²) in [5, 5.41) is 3.07. The molecule has 0 bridgehead atoms. The molecule has 0 saturated heterocycles. The predicted molar refractivity (Wildman–Crippen MR) is 69.4 cm³/mol. The van der Waals surface area contributed by atoms with Crippen LogP contribution in [0.4, 0.5) is 0 Å². The lowest BCUT2D eigenvalue weighted by Gasteiger charge is -2.19. The van der Waals surface area contributed by atoms with Gasteiger partial charge in [-0.15, -0.1) is 6.58 Å². The van der Waals surface area contributed by atoms with E-state index in [1.54, 1.807) is 24.3 Å². The number of fused-ring (bicyclic) bond motifs is 1. The Hall–Kier alpha value is -1.81. The molecule has 1 heterocycles. The Morgan fingerprint density at radius 2 is 2.17 bits per heavy atom. The van der Waals surface area contributed by atoms with E-state index in [9.17, 15) is 4.79 Å². The number of Topliss-reactive ketones (excluding diaryl/α,β-unsaturated/α-hetero) is 1. The molecule has 0 saturated carbocycles. The second-order valence-electron chi connectivity index (χ2n) is 4.14. The van der Waals surface area contributed by atoms with E-state index in [0.717, 1.165) is 0 Å². The smallest absolute Gasteiger partial charge is 0.179 e. The Bertz CT molecular complexity index is 456. The van der Waals surface area contributed by atoms with Crippen LogP contribution in [0.1, 0.15) is 17.3 Å². The number of ether oxygens (including phenoxy) is 2. The van der Waals surface area contributed by atoms with Crippen LogP contribution in [0.3, 0.4) is 0 Å². The molecule has 1 aliphatic heterocycles. The average molecular weight is 247 g/mol. The number of hydrogen-bond acceptors (Lipinski definition) is 4. The number of hydrogen-bond donors (Lipinski definition) is 1. The molecule has 2 rings (SSSR count). The Balaban J connectivity index is 2.13. The summed E-state index contributed by atoms with van der Waals surface area (Å²) in [6, 6.07) is 5.04. The highest BCUT2D eigenvalue weighted by Gasteiger charge is 2.18. The summed E-state index contributed by atoms with van der Waals surface area (Å²) >= 11 is 0. The van der Waals surface area contributed by atoms with Crippen molar-refractivity contribution in [2.45, 2.75) is 13.0 Å². The summed E-state index contributed by atoms with van der Waals surface area (Å²) in [4.78, 5) is 12.1. The number of nitrogens with one attached hydrogen (secondary N) is 1. The molecule has 0 aliphatic carbocycles. The first kappa shape index (κ1) is 12.6. The fourth-order valence-electron chi connectivity index (χ4n) is 1.80. The van der Waals surface area contributed by atoms with Gasteiger partial charge in [-0.05, 0) is 25.1 Å². The minimum absolute atomic E-state index is 0.0359. The first-order valence-corrected chi connectivity index (χ1v) is 6.00. The first-order valence-electron chi connectivity index (χ1n) is 6.00. The van der Waals surface area contributed by atoms with E-state index in [4.69, 9.17) is 9.47 Å². The molecular formula is C14H17NO3. The van der Waals surface area contributed by atoms with Crippen LogP contribution in [-0.4, -0.2) is 31.6 Å². The molecule has 4 nitrogen and oxygen atoms in total. The van der Waals surface area contributed by atoms with Crippen molar-refractivity contribution in [1.29, 1.82) is 0 Å². The van der Waals surface area contributed by atoms with E-state index in [2.05, 4.69) is 11.9 Å². The van der Waals surface area contributed by atoms with Crippen molar-refractivity contribution in [3.63, 3.8) is 0 Å². The fourth-order valence-corrected chi connectivity index (χ4v) is 1.80. The molecular weight excluding hydrogens is 230 g/mol.